The normalized spacial score (nSPS) is 15.2. The Hall–Kier alpha value is -1.52. The first kappa shape index (κ1) is 9.57. The summed E-state index contributed by atoms with van der Waals surface area (Å²) in [7, 11) is 2.53. The minimum Gasteiger partial charge on any atom is -0.466 e. The molecular formula is C8H11NO4. The average Bonchev–Trinajstić information content (AvgIpc) is 2.95. The second kappa shape index (κ2) is 3.93. The standard InChI is InChI=1S/C8H11NO4/c1-12-7(10)5-6(8(11)13-2)9-3-4-9/h5H,3-4H2,1-2H3. The van der Waals surface area contributed by atoms with Gasteiger partial charge in [-0.3, -0.25) is 0 Å². The Balaban J connectivity index is 2.71. The summed E-state index contributed by atoms with van der Waals surface area (Å²) in [4.78, 5) is 23.7. The van der Waals surface area contributed by atoms with Gasteiger partial charge in [0, 0.05) is 13.1 Å². The summed E-state index contributed by atoms with van der Waals surface area (Å²) in [5.74, 6) is -1.06. The minimum absolute atomic E-state index is 0.259. The first-order valence-electron chi connectivity index (χ1n) is 3.82. The number of hydrogen-bond donors (Lipinski definition) is 0. The van der Waals surface area contributed by atoms with Gasteiger partial charge >= 0.3 is 11.9 Å². The molecule has 0 aliphatic carbocycles. The van der Waals surface area contributed by atoms with Crippen LogP contribution in [0.3, 0.4) is 0 Å². The van der Waals surface area contributed by atoms with E-state index in [1.54, 1.807) is 4.90 Å². The molecule has 0 aromatic heterocycles. The van der Waals surface area contributed by atoms with Crippen molar-refractivity contribution >= 4 is 11.9 Å². The van der Waals surface area contributed by atoms with Crippen LogP contribution in [0.25, 0.3) is 0 Å². The smallest absolute Gasteiger partial charge is 0.354 e. The quantitative estimate of drug-likeness (QED) is 0.338. The molecule has 5 heteroatoms. The third kappa shape index (κ3) is 2.47. The Labute approximate surface area is 75.9 Å². The zero-order chi connectivity index (χ0) is 9.84. The molecule has 0 aromatic rings. The van der Waals surface area contributed by atoms with Crippen LogP contribution in [-0.2, 0) is 19.1 Å². The molecule has 0 N–H and O–H groups in total. The molecule has 13 heavy (non-hydrogen) atoms. The molecule has 72 valence electrons. The number of ether oxygens (including phenoxy) is 2. The molecule has 0 radical (unpaired) electrons. The second-order valence-electron chi connectivity index (χ2n) is 2.53. The fraction of sp³-hybridized carbons (Fsp3) is 0.500. The molecule has 0 aromatic carbocycles. The number of carbonyl (C=O) groups excluding carboxylic acids is 2. The molecule has 1 heterocycles. The predicted octanol–water partition coefficient (Wildman–Crippen LogP) is -0.468. The van der Waals surface area contributed by atoms with E-state index >= 15 is 0 Å². The van der Waals surface area contributed by atoms with Crippen molar-refractivity contribution in [2.45, 2.75) is 0 Å². The summed E-state index contributed by atoms with van der Waals surface area (Å²) in [5.41, 5.74) is 0.259. The van der Waals surface area contributed by atoms with Gasteiger partial charge in [-0.15, -0.1) is 0 Å². The molecule has 0 amide bonds. The van der Waals surface area contributed by atoms with Crippen molar-refractivity contribution < 1.29 is 19.1 Å². The van der Waals surface area contributed by atoms with Crippen molar-refractivity contribution in [3.05, 3.63) is 11.8 Å². The molecule has 1 aliphatic heterocycles. The SMILES string of the molecule is COC(=O)C=C(C(=O)OC)N1CC1. The molecule has 5 nitrogen and oxygen atoms in total. The van der Waals surface area contributed by atoms with Gasteiger partial charge in [0.1, 0.15) is 5.70 Å². The van der Waals surface area contributed by atoms with E-state index in [0.717, 1.165) is 19.2 Å². The Morgan fingerprint density at radius 3 is 2.23 bits per heavy atom. The van der Waals surface area contributed by atoms with Crippen molar-refractivity contribution in [3.8, 4) is 0 Å². The molecule has 0 bridgehead atoms. The highest BCUT2D eigenvalue weighted by molar-refractivity contribution is 5.96. The summed E-state index contributed by atoms with van der Waals surface area (Å²) in [5, 5.41) is 0. The lowest BCUT2D eigenvalue weighted by molar-refractivity contribution is -0.139. The van der Waals surface area contributed by atoms with Crippen LogP contribution in [-0.4, -0.2) is 44.1 Å². The lowest BCUT2D eigenvalue weighted by Crippen LogP contribution is -2.14. The fourth-order valence-electron chi connectivity index (χ4n) is 0.845. The van der Waals surface area contributed by atoms with Gasteiger partial charge in [-0.25, -0.2) is 9.59 Å². The van der Waals surface area contributed by atoms with Gasteiger partial charge in [0.05, 0.1) is 20.3 Å². The molecule has 0 spiro atoms. The molecule has 1 saturated heterocycles. The maximum atomic E-state index is 11.1. The van der Waals surface area contributed by atoms with Crippen molar-refractivity contribution in [1.29, 1.82) is 0 Å². The molecule has 1 fully saturated rings. The molecule has 0 saturated carbocycles. The van der Waals surface area contributed by atoms with Crippen LogP contribution in [0.15, 0.2) is 11.8 Å². The van der Waals surface area contributed by atoms with Crippen LogP contribution < -0.4 is 0 Å². The third-order valence-corrected chi connectivity index (χ3v) is 1.64. The van der Waals surface area contributed by atoms with E-state index < -0.39 is 11.9 Å². The lowest BCUT2D eigenvalue weighted by atomic mass is 10.4. The number of methoxy groups -OCH3 is 2. The summed E-state index contributed by atoms with van der Waals surface area (Å²) in [6, 6.07) is 0. The molecule has 1 aliphatic rings. The lowest BCUT2D eigenvalue weighted by Gasteiger charge is -2.05. The molecule has 0 atom stereocenters. The highest BCUT2D eigenvalue weighted by atomic mass is 16.5. The first-order valence-corrected chi connectivity index (χ1v) is 3.82. The van der Waals surface area contributed by atoms with E-state index in [1.165, 1.54) is 14.2 Å². The second-order valence-corrected chi connectivity index (χ2v) is 2.53. The summed E-state index contributed by atoms with van der Waals surface area (Å²) >= 11 is 0. The summed E-state index contributed by atoms with van der Waals surface area (Å²) < 4.78 is 8.91. The number of rotatable bonds is 3. The number of carbonyl (C=O) groups is 2. The van der Waals surface area contributed by atoms with Gasteiger partial charge in [-0.2, -0.15) is 0 Å². The summed E-state index contributed by atoms with van der Waals surface area (Å²) in [6.45, 7) is 1.55. The first-order chi connectivity index (χ1) is 6.19. The summed E-state index contributed by atoms with van der Waals surface area (Å²) in [6.07, 6.45) is 1.14. The topological polar surface area (TPSA) is 55.6 Å². The Bertz CT molecular complexity index is 255. The van der Waals surface area contributed by atoms with Crippen molar-refractivity contribution in [1.82, 2.24) is 4.90 Å². The van der Waals surface area contributed by atoms with E-state index in [-0.39, 0.29) is 5.70 Å². The van der Waals surface area contributed by atoms with Gasteiger partial charge in [0.2, 0.25) is 0 Å². The van der Waals surface area contributed by atoms with Gasteiger partial charge in [-0.05, 0) is 0 Å². The van der Waals surface area contributed by atoms with Gasteiger partial charge < -0.3 is 14.4 Å². The van der Waals surface area contributed by atoms with Gasteiger partial charge in [0.15, 0.2) is 0 Å². The van der Waals surface area contributed by atoms with E-state index in [4.69, 9.17) is 0 Å². The highest BCUT2D eigenvalue weighted by Crippen LogP contribution is 2.15. The molecule has 1 rings (SSSR count). The van der Waals surface area contributed by atoms with Crippen LogP contribution in [0.5, 0.6) is 0 Å². The monoisotopic (exact) mass is 185 g/mol. The zero-order valence-electron chi connectivity index (χ0n) is 7.57. The number of esters is 2. The van der Waals surface area contributed by atoms with Crippen molar-refractivity contribution in [2.75, 3.05) is 27.3 Å². The van der Waals surface area contributed by atoms with Crippen LogP contribution in [0.4, 0.5) is 0 Å². The van der Waals surface area contributed by atoms with Crippen molar-refractivity contribution in [3.63, 3.8) is 0 Å². The fourth-order valence-corrected chi connectivity index (χ4v) is 0.845. The zero-order valence-corrected chi connectivity index (χ0v) is 7.57. The number of nitrogens with zero attached hydrogens (tertiary/aromatic N) is 1. The Morgan fingerprint density at radius 2 is 1.85 bits per heavy atom. The highest BCUT2D eigenvalue weighted by Gasteiger charge is 2.27. The average molecular weight is 185 g/mol. The van der Waals surface area contributed by atoms with Crippen LogP contribution in [0.2, 0.25) is 0 Å². The van der Waals surface area contributed by atoms with E-state index in [2.05, 4.69) is 9.47 Å². The maximum absolute atomic E-state index is 11.1. The van der Waals surface area contributed by atoms with E-state index in [9.17, 15) is 9.59 Å². The largest absolute Gasteiger partial charge is 0.466 e. The van der Waals surface area contributed by atoms with Gasteiger partial charge in [0.25, 0.3) is 0 Å². The van der Waals surface area contributed by atoms with Gasteiger partial charge in [-0.1, -0.05) is 0 Å². The maximum Gasteiger partial charge on any atom is 0.354 e. The van der Waals surface area contributed by atoms with E-state index in [1.807, 2.05) is 0 Å². The predicted molar refractivity (Wildman–Crippen MR) is 43.7 cm³/mol. The Morgan fingerprint density at radius 1 is 1.23 bits per heavy atom. The Kier molecular flexibility index (Phi) is 2.89. The van der Waals surface area contributed by atoms with Crippen molar-refractivity contribution in [2.24, 2.45) is 0 Å². The molecule has 0 unspecified atom stereocenters. The van der Waals surface area contributed by atoms with E-state index in [0.29, 0.717) is 0 Å². The minimum atomic E-state index is -0.549. The molecular weight excluding hydrogens is 174 g/mol. The van der Waals surface area contributed by atoms with Crippen LogP contribution in [0.1, 0.15) is 0 Å². The van der Waals surface area contributed by atoms with Crippen LogP contribution in [0, 0.1) is 0 Å². The number of hydrogen-bond acceptors (Lipinski definition) is 5. The van der Waals surface area contributed by atoms with Crippen LogP contribution >= 0.6 is 0 Å². The third-order valence-electron chi connectivity index (χ3n) is 1.64.